The highest BCUT2D eigenvalue weighted by Gasteiger charge is 2.37. The molecular weight excluding hydrogens is 298 g/mol. The van der Waals surface area contributed by atoms with Crippen molar-refractivity contribution in [2.75, 3.05) is 33.4 Å². The average molecular weight is 323 g/mol. The maximum atomic E-state index is 12.4. The number of aromatic nitrogens is 1. The van der Waals surface area contributed by atoms with Crippen LogP contribution in [0.2, 0.25) is 0 Å². The van der Waals surface area contributed by atoms with E-state index in [1.165, 1.54) is 5.69 Å². The zero-order valence-corrected chi connectivity index (χ0v) is 14.1. The Kier molecular flexibility index (Phi) is 5.44. The van der Waals surface area contributed by atoms with Gasteiger partial charge >= 0.3 is 0 Å². The Morgan fingerprint density at radius 3 is 3.14 bits per heavy atom. The molecule has 6 heteroatoms. The molecule has 0 radical (unpaired) electrons. The van der Waals surface area contributed by atoms with E-state index in [1.807, 2.05) is 5.51 Å². The summed E-state index contributed by atoms with van der Waals surface area (Å²) < 4.78 is 5.19. The summed E-state index contributed by atoms with van der Waals surface area (Å²) in [4.78, 5) is 21.4. The fourth-order valence-electron chi connectivity index (χ4n) is 3.80. The molecule has 3 heterocycles. The number of methoxy groups -OCH3 is 1. The zero-order chi connectivity index (χ0) is 15.4. The third-order valence-electron chi connectivity index (χ3n) is 4.87. The third-order valence-corrected chi connectivity index (χ3v) is 5.50. The Hall–Kier alpha value is -0.980. The van der Waals surface area contributed by atoms with Gasteiger partial charge in [0.2, 0.25) is 5.91 Å². The van der Waals surface area contributed by atoms with Gasteiger partial charge in [-0.25, -0.2) is 4.98 Å². The molecule has 5 nitrogen and oxygen atoms in total. The fourth-order valence-corrected chi connectivity index (χ4v) is 4.35. The van der Waals surface area contributed by atoms with Crippen LogP contribution < -0.4 is 0 Å². The highest BCUT2D eigenvalue weighted by molar-refractivity contribution is 7.07. The number of hydrogen-bond acceptors (Lipinski definition) is 5. The maximum absolute atomic E-state index is 12.4. The van der Waals surface area contributed by atoms with Crippen LogP contribution in [0.1, 0.15) is 31.4 Å². The van der Waals surface area contributed by atoms with E-state index in [1.54, 1.807) is 18.4 Å². The lowest BCUT2D eigenvalue weighted by atomic mass is 9.88. The lowest BCUT2D eigenvalue weighted by Gasteiger charge is -2.42. The number of likely N-dealkylation sites (tertiary alicyclic amines) is 2. The van der Waals surface area contributed by atoms with Crippen molar-refractivity contribution in [2.45, 2.75) is 38.3 Å². The third kappa shape index (κ3) is 3.67. The summed E-state index contributed by atoms with van der Waals surface area (Å²) in [7, 11) is 1.70. The van der Waals surface area contributed by atoms with E-state index in [0.717, 1.165) is 45.4 Å². The number of carbonyl (C=O) groups excluding carboxylic acids is 1. The molecular formula is C16H25N3O2S. The van der Waals surface area contributed by atoms with Gasteiger partial charge < -0.3 is 9.64 Å². The molecule has 22 heavy (non-hydrogen) atoms. The predicted octanol–water partition coefficient (Wildman–Crippen LogP) is 1.99. The Morgan fingerprint density at radius 2 is 2.36 bits per heavy atom. The van der Waals surface area contributed by atoms with Crippen molar-refractivity contribution in [3.63, 3.8) is 0 Å². The molecule has 2 aliphatic rings. The molecule has 0 unspecified atom stereocenters. The summed E-state index contributed by atoms with van der Waals surface area (Å²) in [6, 6.07) is 0.400. The minimum absolute atomic E-state index is 0.317. The van der Waals surface area contributed by atoms with Crippen LogP contribution in [0, 0.1) is 5.92 Å². The first-order valence-electron chi connectivity index (χ1n) is 8.15. The highest BCUT2D eigenvalue weighted by Crippen LogP contribution is 2.31. The van der Waals surface area contributed by atoms with Gasteiger partial charge in [0.15, 0.2) is 0 Å². The molecule has 2 fully saturated rings. The monoisotopic (exact) mass is 323 g/mol. The van der Waals surface area contributed by atoms with Crippen LogP contribution in [0.4, 0.5) is 0 Å². The molecule has 0 spiro atoms. The summed E-state index contributed by atoms with van der Waals surface area (Å²) >= 11 is 1.66. The number of piperidine rings is 1. The molecule has 122 valence electrons. The zero-order valence-electron chi connectivity index (χ0n) is 13.2. The predicted molar refractivity (Wildman–Crippen MR) is 86.7 cm³/mol. The molecule has 0 aromatic carbocycles. The number of nitrogens with zero attached hydrogens (tertiary/aromatic N) is 3. The van der Waals surface area contributed by atoms with E-state index in [2.05, 4.69) is 20.2 Å². The topological polar surface area (TPSA) is 45.7 Å². The van der Waals surface area contributed by atoms with Crippen LogP contribution in [-0.4, -0.2) is 60.1 Å². The number of thiazole rings is 1. The second kappa shape index (κ2) is 7.53. The largest absolute Gasteiger partial charge is 0.383 e. The van der Waals surface area contributed by atoms with Crippen LogP contribution in [-0.2, 0) is 16.1 Å². The van der Waals surface area contributed by atoms with E-state index in [4.69, 9.17) is 4.74 Å². The van der Waals surface area contributed by atoms with Crippen LogP contribution in [0.15, 0.2) is 10.9 Å². The second-order valence-corrected chi connectivity index (χ2v) is 7.02. The van der Waals surface area contributed by atoms with Gasteiger partial charge in [-0.15, -0.1) is 11.3 Å². The van der Waals surface area contributed by atoms with Crippen LogP contribution in [0.25, 0.3) is 0 Å². The van der Waals surface area contributed by atoms with Crippen molar-refractivity contribution in [1.29, 1.82) is 0 Å². The fraction of sp³-hybridized carbons (Fsp3) is 0.750. The van der Waals surface area contributed by atoms with Gasteiger partial charge in [-0.3, -0.25) is 9.69 Å². The second-order valence-electron chi connectivity index (χ2n) is 6.30. The van der Waals surface area contributed by atoms with Crippen LogP contribution >= 0.6 is 11.3 Å². The van der Waals surface area contributed by atoms with Gasteiger partial charge in [-0.1, -0.05) is 0 Å². The number of hydrogen-bond donors (Lipinski definition) is 0. The Bertz CT molecular complexity index is 480. The van der Waals surface area contributed by atoms with Crippen LogP contribution in [0.5, 0.6) is 0 Å². The van der Waals surface area contributed by atoms with E-state index < -0.39 is 0 Å². The van der Waals surface area contributed by atoms with Gasteiger partial charge in [-0.2, -0.15) is 0 Å². The number of rotatable bonds is 5. The molecule has 0 aliphatic carbocycles. The van der Waals surface area contributed by atoms with Gasteiger partial charge in [0.05, 0.1) is 17.8 Å². The lowest BCUT2D eigenvalue weighted by molar-refractivity contribution is -0.135. The summed E-state index contributed by atoms with van der Waals surface area (Å²) in [5.41, 5.74) is 3.07. The number of amides is 1. The van der Waals surface area contributed by atoms with E-state index in [-0.39, 0.29) is 0 Å². The minimum Gasteiger partial charge on any atom is -0.383 e. The van der Waals surface area contributed by atoms with E-state index in [0.29, 0.717) is 30.9 Å². The van der Waals surface area contributed by atoms with Gasteiger partial charge in [-0.05, 0) is 25.2 Å². The molecule has 0 N–H and O–H groups in total. The van der Waals surface area contributed by atoms with E-state index in [9.17, 15) is 4.79 Å². The van der Waals surface area contributed by atoms with Crippen molar-refractivity contribution in [3.05, 3.63) is 16.6 Å². The first-order valence-corrected chi connectivity index (χ1v) is 9.10. The van der Waals surface area contributed by atoms with Gasteiger partial charge in [0, 0.05) is 51.1 Å². The molecule has 0 bridgehead atoms. The summed E-state index contributed by atoms with van der Waals surface area (Å²) in [5.74, 6) is 0.910. The molecule has 1 aromatic rings. The van der Waals surface area contributed by atoms with Crippen molar-refractivity contribution in [2.24, 2.45) is 5.92 Å². The molecule has 2 aliphatic heterocycles. The minimum atomic E-state index is 0.317. The van der Waals surface area contributed by atoms with Crippen molar-refractivity contribution in [3.8, 4) is 0 Å². The smallest absolute Gasteiger partial charge is 0.222 e. The van der Waals surface area contributed by atoms with Gasteiger partial charge in [0.25, 0.3) is 0 Å². The van der Waals surface area contributed by atoms with Gasteiger partial charge in [0.1, 0.15) is 0 Å². The molecule has 3 rings (SSSR count). The number of carbonyl (C=O) groups is 1. The molecule has 2 saturated heterocycles. The summed E-state index contributed by atoms with van der Waals surface area (Å²) in [6.07, 6.45) is 3.95. The SMILES string of the molecule is COCCN1C(=O)CCC[C@H]2CN(Cc3cscn3)CC[C@H]21. The molecule has 0 saturated carbocycles. The quantitative estimate of drug-likeness (QED) is 0.831. The van der Waals surface area contributed by atoms with Crippen LogP contribution in [0.3, 0.4) is 0 Å². The Morgan fingerprint density at radius 1 is 1.45 bits per heavy atom. The standard InChI is InChI=1S/C16H25N3O2S/c1-21-8-7-19-15-5-6-18(10-14-11-22-12-17-14)9-13(15)3-2-4-16(19)20/h11-13,15H,2-10H2,1H3/t13-,15+/m0/s1. The first-order chi connectivity index (χ1) is 10.8. The lowest BCUT2D eigenvalue weighted by Crippen LogP contribution is -2.52. The molecule has 1 aromatic heterocycles. The number of ether oxygens (including phenoxy) is 1. The first kappa shape index (κ1) is 15.9. The maximum Gasteiger partial charge on any atom is 0.222 e. The summed E-state index contributed by atoms with van der Waals surface area (Å²) in [5, 5.41) is 2.13. The highest BCUT2D eigenvalue weighted by atomic mass is 32.1. The summed E-state index contributed by atoms with van der Waals surface area (Å²) in [6.45, 7) is 4.45. The molecule has 1 amide bonds. The van der Waals surface area contributed by atoms with Crippen molar-refractivity contribution in [1.82, 2.24) is 14.8 Å². The average Bonchev–Trinajstić information content (AvgIpc) is 2.96. The van der Waals surface area contributed by atoms with Crippen molar-refractivity contribution >= 4 is 17.2 Å². The van der Waals surface area contributed by atoms with Crippen molar-refractivity contribution < 1.29 is 9.53 Å². The normalized spacial score (nSPS) is 26.8. The Balaban J connectivity index is 1.64. The van der Waals surface area contributed by atoms with E-state index >= 15 is 0 Å². The number of fused-ring (bicyclic) bond motifs is 1. The Labute approximate surface area is 136 Å². The molecule has 2 atom stereocenters.